The van der Waals surface area contributed by atoms with Crippen molar-refractivity contribution in [2.75, 3.05) is 19.8 Å². The van der Waals surface area contributed by atoms with Crippen LogP contribution in [0.3, 0.4) is 0 Å². The molecule has 1 aromatic heterocycles. The first-order chi connectivity index (χ1) is 28.6. The van der Waals surface area contributed by atoms with Gasteiger partial charge in [-0.3, -0.25) is 5.32 Å². The lowest BCUT2D eigenvalue weighted by atomic mass is 9.89. The van der Waals surface area contributed by atoms with E-state index in [2.05, 4.69) is 84.7 Å². The molecule has 7 nitrogen and oxygen atoms in total. The molecule has 2 aromatic rings. The van der Waals surface area contributed by atoms with Gasteiger partial charge in [-0.25, -0.2) is 4.79 Å². The zero-order chi connectivity index (χ0) is 44.1. The summed E-state index contributed by atoms with van der Waals surface area (Å²) in [6, 6.07) is 4.21. The molecule has 0 spiro atoms. The van der Waals surface area contributed by atoms with E-state index in [1.807, 2.05) is 6.08 Å². The molecule has 0 bridgehead atoms. The molecule has 0 radical (unpaired) electrons. The van der Waals surface area contributed by atoms with Gasteiger partial charge in [-0.05, 0) is 86.2 Å². The highest BCUT2D eigenvalue weighted by Gasteiger charge is 2.21. The Morgan fingerprint density at radius 2 is 0.950 bits per heavy atom. The molecule has 0 atom stereocenters. The monoisotopic (exact) mass is 839 g/mol. The number of hydrogen-bond acceptors (Lipinski definition) is 4. The quantitative estimate of drug-likeness (QED) is 0.0601. The molecule has 2 rings (SSSR count). The Labute approximate surface area is 369 Å². The third-order valence-corrected chi connectivity index (χ3v) is 11.5. The fourth-order valence-electron chi connectivity index (χ4n) is 7.92. The number of aromatic amines is 1. The zero-order valence-electron chi connectivity index (χ0n) is 40.6. The van der Waals surface area contributed by atoms with Crippen LogP contribution in [0.5, 0.6) is 17.2 Å². The predicted octanol–water partition coefficient (Wildman–Crippen LogP) is 16.9. The van der Waals surface area contributed by atoms with Crippen molar-refractivity contribution < 1.29 is 24.1 Å². The number of benzene rings is 1. The van der Waals surface area contributed by atoms with Crippen molar-refractivity contribution >= 4 is 17.0 Å². The van der Waals surface area contributed by atoms with Crippen LogP contribution in [0.15, 0.2) is 24.4 Å². The molecule has 0 unspecified atom stereocenters. The van der Waals surface area contributed by atoms with Crippen LogP contribution in [0.1, 0.15) is 235 Å². The minimum absolute atomic E-state index is 0.432. The third-order valence-electron chi connectivity index (χ3n) is 11.5. The van der Waals surface area contributed by atoms with Gasteiger partial charge in [0.2, 0.25) is 0 Å². The summed E-state index contributed by atoms with van der Waals surface area (Å²) in [5.74, 6) is 2.52. The fourth-order valence-corrected chi connectivity index (χ4v) is 7.92. The first-order valence-electron chi connectivity index (χ1n) is 24.8. The highest BCUT2D eigenvalue weighted by atomic mass is 16.5. The van der Waals surface area contributed by atoms with Crippen LogP contribution in [-0.2, 0) is 6.42 Å². The van der Waals surface area contributed by atoms with E-state index in [0.29, 0.717) is 36.1 Å². The lowest BCUT2D eigenvalue weighted by Crippen LogP contribution is -2.12. The highest BCUT2D eigenvalue weighted by Crippen LogP contribution is 2.44. The standard InChI is InChI=1S/C53H94N2O5/c1-51(2,3)37-27-19-13-10-16-22-31-41-58-46-36-35-44-47(49(46)60-43-33-24-18-12-15-21-29-39-53(7,8)9)48(45(55-44)34-26-25-30-40-54-50(56)57)59-42-32-23-17-11-14-20-28-38-52(4,5)6/h30,35-36,40,54-55H,10-29,31-34,37-39,41-43H2,1-9H3,(H,56,57). The Kier molecular flexibility index (Phi) is 26.9. The maximum atomic E-state index is 10.9. The minimum Gasteiger partial charge on any atom is -0.491 e. The average Bonchev–Trinajstić information content (AvgIpc) is 3.51. The molecule has 0 fully saturated rings. The number of hydrogen-bond donors (Lipinski definition) is 3. The van der Waals surface area contributed by atoms with Crippen LogP contribution in [0, 0.1) is 16.2 Å². The van der Waals surface area contributed by atoms with Crippen molar-refractivity contribution in [1.29, 1.82) is 0 Å². The second-order valence-corrected chi connectivity index (χ2v) is 21.4. The SMILES string of the molecule is CC(C)(C)CCCCCCCCCOc1ccc2[nH]c(CCCC=CNC(=O)O)c(OCCCCCCCCCC(C)(C)C)c2c1OCCCCCCCCCC(C)(C)C. The zero-order valence-corrected chi connectivity index (χ0v) is 40.6. The Morgan fingerprint density at radius 3 is 1.38 bits per heavy atom. The highest BCUT2D eigenvalue weighted by molar-refractivity contribution is 5.95. The van der Waals surface area contributed by atoms with E-state index in [1.54, 1.807) is 0 Å². The van der Waals surface area contributed by atoms with Gasteiger partial charge in [-0.15, -0.1) is 0 Å². The molecule has 346 valence electrons. The van der Waals surface area contributed by atoms with Crippen molar-refractivity contribution in [2.45, 2.75) is 236 Å². The summed E-state index contributed by atoms with van der Waals surface area (Å²) in [6.07, 6.45) is 34.9. The molecule has 1 amide bonds. The number of unbranched alkanes of at least 4 members (excludes halogenated alkanes) is 19. The summed E-state index contributed by atoms with van der Waals surface area (Å²) < 4.78 is 20.0. The molecule has 0 saturated carbocycles. The number of H-pyrrole nitrogens is 1. The van der Waals surface area contributed by atoms with Crippen LogP contribution in [0.4, 0.5) is 4.79 Å². The number of carboxylic acid groups (broad SMARTS) is 1. The fraction of sp³-hybridized carbons (Fsp3) is 0.792. The molecule has 1 heterocycles. The molecule has 60 heavy (non-hydrogen) atoms. The molecule has 0 saturated heterocycles. The molecule has 0 aliphatic rings. The second-order valence-electron chi connectivity index (χ2n) is 21.4. The van der Waals surface area contributed by atoms with E-state index in [-0.39, 0.29) is 0 Å². The summed E-state index contributed by atoms with van der Waals surface area (Å²) in [7, 11) is 0. The predicted molar refractivity (Wildman–Crippen MR) is 257 cm³/mol. The molecular formula is C53H94N2O5. The number of allylic oxidation sites excluding steroid dienone is 1. The third kappa shape index (κ3) is 27.2. The Bertz CT molecular complexity index is 1420. The molecule has 3 N–H and O–H groups in total. The smallest absolute Gasteiger partial charge is 0.408 e. The van der Waals surface area contributed by atoms with Gasteiger partial charge in [0.1, 0.15) is 0 Å². The van der Waals surface area contributed by atoms with Crippen LogP contribution in [0.25, 0.3) is 10.9 Å². The maximum Gasteiger partial charge on any atom is 0.408 e. The normalized spacial score (nSPS) is 12.5. The largest absolute Gasteiger partial charge is 0.491 e. The van der Waals surface area contributed by atoms with Gasteiger partial charge < -0.3 is 24.3 Å². The van der Waals surface area contributed by atoms with Crippen molar-refractivity contribution in [3.05, 3.63) is 30.1 Å². The summed E-state index contributed by atoms with van der Waals surface area (Å²) in [5.41, 5.74) is 3.39. The van der Waals surface area contributed by atoms with Crippen molar-refractivity contribution in [2.24, 2.45) is 16.2 Å². The molecule has 7 heteroatoms. The Balaban J connectivity index is 2.11. The van der Waals surface area contributed by atoms with Gasteiger partial charge in [0.25, 0.3) is 0 Å². The Morgan fingerprint density at radius 1 is 0.550 bits per heavy atom. The summed E-state index contributed by atoms with van der Waals surface area (Å²) in [6.45, 7) is 23.1. The van der Waals surface area contributed by atoms with E-state index in [4.69, 9.17) is 19.3 Å². The second kappa shape index (κ2) is 30.3. The number of aromatic nitrogens is 1. The number of aryl methyl sites for hydroxylation is 1. The van der Waals surface area contributed by atoms with Gasteiger partial charge in [0.05, 0.1) is 36.4 Å². The van der Waals surface area contributed by atoms with Crippen molar-refractivity contribution in [1.82, 2.24) is 10.3 Å². The first-order valence-corrected chi connectivity index (χ1v) is 24.8. The number of carbonyl (C=O) groups is 1. The number of nitrogens with one attached hydrogen (secondary N) is 2. The molecule has 0 aliphatic carbocycles. The lowest BCUT2D eigenvalue weighted by molar-refractivity contribution is 0.198. The van der Waals surface area contributed by atoms with Crippen LogP contribution < -0.4 is 19.5 Å². The van der Waals surface area contributed by atoms with Gasteiger partial charge >= 0.3 is 6.09 Å². The summed E-state index contributed by atoms with van der Waals surface area (Å²) in [5, 5.41) is 12.3. The lowest BCUT2D eigenvalue weighted by Gasteiger charge is -2.17. The first kappa shape index (κ1) is 53.3. The number of amides is 1. The molecular weight excluding hydrogens is 745 g/mol. The van der Waals surface area contributed by atoms with Gasteiger partial charge in [-0.1, -0.05) is 184 Å². The molecule has 1 aromatic carbocycles. The van der Waals surface area contributed by atoms with Gasteiger partial charge in [0.15, 0.2) is 17.2 Å². The van der Waals surface area contributed by atoms with E-state index in [9.17, 15) is 4.79 Å². The van der Waals surface area contributed by atoms with Crippen LogP contribution in [-0.4, -0.2) is 36.0 Å². The van der Waals surface area contributed by atoms with Crippen LogP contribution in [0.2, 0.25) is 0 Å². The number of ether oxygens (including phenoxy) is 3. The minimum atomic E-state index is -1.04. The van der Waals surface area contributed by atoms with Crippen LogP contribution >= 0.6 is 0 Å². The Hall–Kier alpha value is -2.83. The van der Waals surface area contributed by atoms with E-state index >= 15 is 0 Å². The number of fused-ring (bicyclic) bond motifs is 1. The van der Waals surface area contributed by atoms with Gasteiger partial charge in [0, 0.05) is 6.20 Å². The maximum absolute atomic E-state index is 10.9. The van der Waals surface area contributed by atoms with E-state index in [0.717, 1.165) is 72.4 Å². The van der Waals surface area contributed by atoms with Crippen molar-refractivity contribution in [3.63, 3.8) is 0 Å². The van der Waals surface area contributed by atoms with Gasteiger partial charge in [-0.2, -0.15) is 0 Å². The summed E-state index contributed by atoms with van der Waals surface area (Å²) in [4.78, 5) is 14.6. The van der Waals surface area contributed by atoms with E-state index in [1.165, 1.54) is 141 Å². The topological polar surface area (TPSA) is 92.8 Å². The number of rotatable bonds is 35. The van der Waals surface area contributed by atoms with Crippen molar-refractivity contribution in [3.8, 4) is 17.2 Å². The summed E-state index contributed by atoms with van der Waals surface area (Å²) >= 11 is 0. The average molecular weight is 839 g/mol. The van der Waals surface area contributed by atoms with E-state index < -0.39 is 6.09 Å². The molecule has 0 aliphatic heterocycles.